The molecule has 132 valence electrons. The molecule has 3 nitrogen and oxygen atoms in total. The maximum Gasteiger partial charge on any atom is 0.0672 e. The van der Waals surface area contributed by atoms with E-state index in [-0.39, 0.29) is 0 Å². The highest BCUT2D eigenvalue weighted by atomic mass is 35.5. The topological polar surface area (TPSA) is 27.6 Å². The Labute approximate surface area is 159 Å². The number of para-hydroxylation sites is 1. The fourth-order valence-electron chi connectivity index (χ4n) is 2.81. The number of hydrogen-bond donors (Lipinski definition) is 1. The minimum Gasteiger partial charge on any atom is -0.388 e. The maximum atomic E-state index is 6.20. The summed E-state index contributed by atoms with van der Waals surface area (Å²) in [6, 6.07) is 26.3. The number of nitrogens with one attached hydrogen (secondary N) is 1. The van der Waals surface area contributed by atoms with E-state index in [0.29, 0.717) is 11.6 Å². The summed E-state index contributed by atoms with van der Waals surface area (Å²) >= 11 is 6.20. The monoisotopic (exact) mass is 363 g/mol. The minimum atomic E-state index is 0.692. The average molecular weight is 364 g/mol. The van der Waals surface area contributed by atoms with Crippen molar-refractivity contribution in [2.24, 2.45) is 5.10 Å². The van der Waals surface area contributed by atoms with Gasteiger partial charge in [0.25, 0.3) is 0 Å². The normalized spacial score (nSPS) is 11.3. The quantitative estimate of drug-likeness (QED) is 0.442. The van der Waals surface area contributed by atoms with E-state index in [1.807, 2.05) is 73.6 Å². The van der Waals surface area contributed by atoms with Crippen molar-refractivity contribution in [3.63, 3.8) is 0 Å². The lowest BCUT2D eigenvalue weighted by Gasteiger charge is -2.21. The molecule has 3 rings (SSSR count). The van der Waals surface area contributed by atoms with Crippen LogP contribution in [0.1, 0.15) is 18.1 Å². The third-order valence-electron chi connectivity index (χ3n) is 4.14. The van der Waals surface area contributed by atoms with Crippen LogP contribution in [-0.2, 0) is 6.54 Å². The summed E-state index contributed by atoms with van der Waals surface area (Å²) in [6.07, 6.45) is 0. The second kappa shape index (κ2) is 8.54. The van der Waals surface area contributed by atoms with Gasteiger partial charge in [-0.2, -0.15) is 5.10 Å². The molecule has 0 saturated heterocycles. The molecule has 0 aliphatic rings. The summed E-state index contributed by atoms with van der Waals surface area (Å²) in [6.45, 7) is 2.70. The number of benzene rings is 3. The zero-order chi connectivity index (χ0) is 18.4. The highest BCUT2D eigenvalue weighted by Crippen LogP contribution is 2.23. The van der Waals surface area contributed by atoms with E-state index in [0.717, 1.165) is 22.6 Å². The van der Waals surface area contributed by atoms with Crippen molar-refractivity contribution >= 4 is 28.7 Å². The van der Waals surface area contributed by atoms with E-state index in [9.17, 15) is 0 Å². The number of halogens is 1. The molecule has 1 N–H and O–H groups in total. The molecule has 3 aromatic rings. The van der Waals surface area contributed by atoms with Crippen molar-refractivity contribution < 1.29 is 0 Å². The van der Waals surface area contributed by atoms with Gasteiger partial charge >= 0.3 is 0 Å². The van der Waals surface area contributed by atoms with Crippen molar-refractivity contribution in [1.82, 2.24) is 0 Å². The Morgan fingerprint density at radius 3 is 2.27 bits per heavy atom. The SMILES string of the molecule is CNc1ccc(Cl)cc1/C(C)=N/N(Cc1ccccc1)c1ccccc1. The molecule has 4 heteroatoms. The van der Waals surface area contributed by atoms with Gasteiger partial charge in [0.15, 0.2) is 0 Å². The van der Waals surface area contributed by atoms with Gasteiger partial charge in [-0.3, -0.25) is 5.01 Å². The molecule has 0 aromatic heterocycles. The van der Waals surface area contributed by atoms with Gasteiger partial charge in [0.1, 0.15) is 0 Å². The second-order valence-corrected chi connectivity index (χ2v) is 6.44. The van der Waals surface area contributed by atoms with Crippen LogP contribution in [0.25, 0.3) is 0 Å². The zero-order valence-electron chi connectivity index (χ0n) is 15.0. The molecule has 0 unspecified atom stereocenters. The van der Waals surface area contributed by atoms with E-state index in [1.54, 1.807) is 0 Å². The second-order valence-electron chi connectivity index (χ2n) is 6.00. The highest BCUT2D eigenvalue weighted by Gasteiger charge is 2.10. The van der Waals surface area contributed by atoms with Crippen molar-refractivity contribution in [3.8, 4) is 0 Å². The molecule has 0 amide bonds. The molecule has 0 aliphatic heterocycles. The largest absolute Gasteiger partial charge is 0.388 e. The van der Waals surface area contributed by atoms with Crippen molar-refractivity contribution in [1.29, 1.82) is 0 Å². The van der Waals surface area contributed by atoms with Crippen LogP contribution in [0.5, 0.6) is 0 Å². The van der Waals surface area contributed by atoms with E-state index in [2.05, 4.69) is 29.6 Å². The predicted molar refractivity (Wildman–Crippen MR) is 112 cm³/mol. The lowest BCUT2D eigenvalue weighted by Crippen LogP contribution is -2.18. The van der Waals surface area contributed by atoms with Gasteiger partial charge in [0, 0.05) is 23.3 Å². The van der Waals surface area contributed by atoms with Gasteiger partial charge in [-0.15, -0.1) is 0 Å². The standard InChI is InChI=1S/C22H22ClN3/c1-17(21-15-19(23)13-14-22(21)24-2)25-26(20-11-7-4-8-12-20)16-18-9-5-3-6-10-18/h3-15,24H,16H2,1-2H3/b25-17+. The summed E-state index contributed by atoms with van der Waals surface area (Å²) in [5, 5.41) is 10.8. The highest BCUT2D eigenvalue weighted by molar-refractivity contribution is 6.31. The van der Waals surface area contributed by atoms with E-state index in [4.69, 9.17) is 16.7 Å². The first-order valence-electron chi connectivity index (χ1n) is 8.57. The van der Waals surface area contributed by atoms with Gasteiger partial charge in [-0.1, -0.05) is 60.1 Å². The summed E-state index contributed by atoms with van der Waals surface area (Å²) in [5.41, 5.74) is 5.14. The summed E-state index contributed by atoms with van der Waals surface area (Å²) in [4.78, 5) is 0. The third kappa shape index (κ3) is 4.44. The van der Waals surface area contributed by atoms with Gasteiger partial charge in [-0.25, -0.2) is 0 Å². The lowest BCUT2D eigenvalue weighted by molar-refractivity contribution is 0.854. The molecular weight excluding hydrogens is 342 g/mol. The summed E-state index contributed by atoms with van der Waals surface area (Å²) in [7, 11) is 1.90. The van der Waals surface area contributed by atoms with Crippen LogP contribution in [0.3, 0.4) is 0 Å². The van der Waals surface area contributed by atoms with E-state index < -0.39 is 0 Å². The first kappa shape index (κ1) is 18.0. The Morgan fingerprint density at radius 2 is 1.62 bits per heavy atom. The van der Waals surface area contributed by atoms with Gasteiger partial charge < -0.3 is 5.32 Å². The van der Waals surface area contributed by atoms with Crippen molar-refractivity contribution in [2.75, 3.05) is 17.4 Å². The molecule has 26 heavy (non-hydrogen) atoms. The first-order valence-corrected chi connectivity index (χ1v) is 8.94. The number of hydrogen-bond acceptors (Lipinski definition) is 3. The fraction of sp³-hybridized carbons (Fsp3) is 0.136. The first-order chi connectivity index (χ1) is 12.7. The van der Waals surface area contributed by atoms with Crippen LogP contribution in [-0.4, -0.2) is 12.8 Å². The number of hydrazone groups is 1. The van der Waals surface area contributed by atoms with Gasteiger partial charge in [0.2, 0.25) is 0 Å². The van der Waals surface area contributed by atoms with Crippen LogP contribution in [0.2, 0.25) is 5.02 Å². The Bertz CT molecular complexity index is 876. The van der Waals surface area contributed by atoms with Gasteiger partial charge in [-0.05, 0) is 42.8 Å². The molecule has 0 saturated carbocycles. The molecule has 0 fully saturated rings. The zero-order valence-corrected chi connectivity index (χ0v) is 15.7. The van der Waals surface area contributed by atoms with E-state index >= 15 is 0 Å². The number of rotatable bonds is 6. The van der Waals surface area contributed by atoms with Crippen LogP contribution in [0.15, 0.2) is 84.0 Å². The van der Waals surface area contributed by atoms with Crippen molar-refractivity contribution in [2.45, 2.75) is 13.5 Å². The van der Waals surface area contributed by atoms with Gasteiger partial charge in [0.05, 0.1) is 17.9 Å². The minimum absolute atomic E-state index is 0.692. The molecule has 0 aliphatic carbocycles. The van der Waals surface area contributed by atoms with Crippen LogP contribution < -0.4 is 10.3 Å². The fourth-order valence-corrected chi connectivity index (χ4v) is 2.98. The Kier molecular flexibility index (Phi) is 5.92. The molecular formula is C22H22ClN3. The molecule has 0 heterocycles. The Morgan fingerprint density at radius 1 is 0.962 bits per heavy atom. The van der Waals surface area contributed by atoms with Crippen molar-refractivity contribution in [3.05, 3.63) is 95.0 Å². The molecule has 0 spiro atoms. The van der Waals surface area contributed by atoms with Crippen LogP contribution in [0, 0.1) is 0 Å². The molecule has 0 atom stereocenters. The molecule has 0 bridgehead atoms. The average Bonchev–Trinajstić information content (AvgIpc) is 2.69. The summed E-state index contributed by atoms with van der Waals surface area (Å²) < 4.78 is 0. The molecule has 0 radical (unpaired) electrons. The van der Waals surface area contributed by atoms with Crippen LogP contribution in [0.4, 0.5) is 11.4 Å². The maximum absolute atomic E-state index is 6.20. The number of anilines is 2. The smallest absolute Gasteiger partial charge is 0.0672 e. The predicted octanol–water partition coefficient (Wildman–Crippen LogP) is 5.81. The number of nitrogens with zero attached hydrogens (tertiary/aromatic N) is 2. The Hall–Kier alpha value is -2.78. The third-order valence-corrected chi connectivity index (χ3v) is 4.38. The molecule has 3 aromatic carbocycles. The van der Waals surface area contributed by atoms with Crippen LogP contribution >= 0.6 is 11.6 Å². The lowest BCUT2D eigenvalue weighted by atomic mass is 10.1. The van der Waals surface area contributed by atoms with E-state index in [1.165, 1.54) is 5.56 Å². The summed E-state index contributed by atoms with van der Waals surface area (Å²) in [5.74, 6) is 0. The Balaban J connectivity index is 1.99.